The minimum absolute atomic E-state index is 0.278. The molecule has 0 amide bonds. The summed E-state index contributed by atoms with van der Waals surface area (Å²) in [5.41, 5.74) is 6.84. The first-order valence-corrected chi connectivity index (χ1v) is 6.22. The van der Waals surface area contributed by atoms with Crippen LogP contribution >= 0.6 is 23.2 Å². The number of hydrogen-bond acceptors (Lipinski definition) is 3. The smallest absolute Gasteiger partial charge is 0.198 e. The van der Waals surface area contributed by atoms with Crippen molar-refractivity contribution in [3.05, 3.63) is 57.6 Å². The summed E-state index contributed by atoms with van der Waals surface area (Å²) in [6.45, 7) is 0. The minimum Gasteiger partial charge on any atom is -0.496 e. The molecule has 2 rings (SSSR count). The Kier molecular flexibility index (Phi) is 3.98. The second-order valence-corrected chi connectivity index (χ2v) is 4.78. The van der Waals surface area contributed by atoms with Crippen LogP contribution in [0.3, 0.4) is 0 Å². The van der Waals surface area contributed by atoms with E-state index in [1.807, 2.05) is 0 Å². The molecule has 19 heavy (non-hydrogen) atoms. The van der Waals surface area contributed by atoms with Crippen LogP contribution in [0, 0.1) is 0 Å². The number of nitrogen functional groups attached to an aromatic ring is 1. The fourth-order valence-corrected chi connectivity index (χ4v) is 2.07. The Bertz CT molecular complexity index is 641. The summed E-state index contributed by atoms with van der Waals surface area (Å²) in [5.74, 6) is 0.160. The standard InChI is InChI=1S/C14H11Cl2NO2/c1-19-13-5-3-9(16)7-11(13)14(18)10-6-8(15)2-4-12(10)17/h2-7H,17H2,1H3. The summed E-state index contributed by atoms with van der Waals surface area (Å²) in [6, 6.07) is 9.58. The number of nitrogens with two attached hydrogens (primary N) is 1. The Hall–Kier alpha value is -1.71. The van der Waals surface area contributed by atoms with Gasteiger partial charge in [0.15, 0.2) is 5.78 Å². The highest BCUT2D eigenvalue weighted by Gasteiger charge is 2.17. The Morgan fingerprint density at radius 1 is 1.05 bits per heavy atom. The summed E-state index contributed by atoms with van der Waals surface area (Å²) >= 11 is 11.8. The van der Waals surface area contributed by atoms with Gasteiger partial charge in [-0.25, -0.2) is 0 Å². The number of ketones is 1. The molecule has 0 spiro atoms. The van der Waals surface area contributed by atoms with Crippen molar-refractivity contribution in [2.75, 3.05) is 12.8 Å². The predicted molar refractivity (Wildman–Crippen MR) is 77.3 cm³/mol. The number of hydrogen-bond donors (Lipinski definition) is 1. The van der Waals surface area contributed by atoms with Gasteiger partial charge in [-0.15, -0.1) is 0 Å². The molecule has 0 fully saturated rings. The van der Waals surface area contributed by atoms with Gasteiger partial charge in [0.25, 0.3) is 0 Å². The number of anilines is 1. The maximum absolute atomic E-state index is 12.5. The summed E-state index contributed by atoms with van der Waals surface area (Å²) in [6.07, 6.45) is 0. The zero-order chi connectivity index (χ0) is 14.0. The SMILES string of the molecule is COc1ccc(Cl)cc1C(=O)c1cc(Cl)ccc1N. The van der Waals surface area contributed by atoms with E-state index in [-0.39, 0.29) is 5.78 Å². The highest BCUT2D eigenvalue weighted by atomic mass is 35.5. The van der Waals surface area contributed by atoms with Gasteiger partial charge in [-0.05, 0) is 36.4 Å². The number of methoxy groups -OCH3 is 1. The molecule has 2 aromatic rings. The average Bonchev–Trinajstić information content (AvgIpc) is 2.40. The van der Waals surface area contributed by atoms with Gasteiger partial charge in [0.1, 0.15) is 5.75 Å². The van der Waals surface area contributed by atoms with E-state index in [2.05, 4.69) is 0 Å². The van der Waals surface area contributed by atoms with E-state index in [0.29, 0.717) is 32.6 Å². The van der Waals surface area contributed by atoms with Crippen LogP contribution in [0.5, 0.6) is 5.75 Å². The maximum atomic E-state index is 12.5. The zero-order valence-electron chi connectivity index (χ0n) is 10.1. The molecular formula is C14H11Cl2NO2. The molecule has 0 heterocycles. The molecule has 5 heteroatoms. The van der Waals surface area contributed by atoms with E-state index in [1.54, 1.807) is 30.3 Å². The third kappa shape index (κ3) is 2.83. The quantitative estimate of drug-likeness (QED) is 0.692. The molecule has 0 aliphatic heterocycles. The summed E-state index contributed by atoms with van der Waals surface area (Å²) in [4.78, 5) is 12.5. The molecule has 0 aliphatic rings. The number of carbonyl (C=O) groups excluding carboxylic acids is 1. The van der Waals surface area contributed by atoms with Crippen molar-refractivity contribution in [3.8, 4) is 5.75 Å². The van der Waals surface area contributed by atoms with E-state index in [4.69, 9.17) is 33.7 Å². The number of halogens is 2. The summed E-state index contributed by atoms with van der Waals surface area (Å²) in [7, 11) is 1.49. The van der Waals surface area contributed by atoms with Gasteiger partial charge in [0, 0.05) is 21.3 Å². The van der Waals surface area contributed by atoms with Gasteiger partial charge in [-0.3, -0.25) is 4.79 Å². The summed E-state index contributed by atoms with van der Waals surface area (Å²) < 4.78 is 5.16. The van der Waals surface area contributed by atoms with Crippen molar-refractivity contribution in [1.82, 2.24) is 0 Å². The molecule has 0 aliphatic carbocycles. The number of ether oxygens (including phenoxy) is 1. The van der Waals surface area contributed by atoms with Crippen LogP contribution in [0.2, 0.25) is 10.0 Å². The fourth-order valence-electron chi connectivity index (χ4n) is 1.73. The Morgan fingerprint density at radius 3 is 2.26 bits per heavy atom. The number of benzene rings is 2. The normalized spacial score (nSPS) is 10.3. The van der Waals surface area contributed by atoms with Gasteiger partial charge in [-0.1, -0.05) is 23.2 Å². The van der Waals surface area contributed by atoms with Gasteiger partial charge in [-0.2, -0.15) is 0 Å². The zero-order valence-corrected chi connectivity index (χ0v) is 11.6. The van der Waals surface area contributed by atoms with Crippen LogP contribution in [-0.2, 0) is 0 Å². The van der Waals surface area contributed by atoms with Crippen LogP contribution in [0.1, 0.15) is 15.9 Å². The molecule has 0 unspecified atom stereocenters. The Labute approximate surface area is 120 Å². The maximum Gasteiger partial charge on any atom is 0.198 e. The first-order valence-electron chi connectivity index (χ1n) is 5.46. The van der Waals surface area contributed by atoms with Crippen molar-refractivity contribution in [2.45, 2.75) is 0 Å². The predicted octanol–water partition coefficient (Wildman–Crippen LogP) is 3.82. The number of rotatable bonds is 3. The van der Waals surface area contributed by atoms with Crippen molar-refractivity contribution in [2.24, 2.45) is 0 Å². The lowest BCUT2D eigenvalue weighted by Gasteiger charge is -2.10. The van der Waals surface area contributed by atoms with E-state index in [9.17, 15) is 4.79 Å². The molecule has 98 valence electrons. The third-order valence-corrected chi connectivity index (χ3v) is 3.14. The Morgan fingerprint density at radius 2 is 1.63 bits per heavy atom. The van der Waals surface area contributed by atoms with Crippen LogP contribution in [0.15, 0.2) is 36.4 Å². The molecular weight excluding hydrogens is 285 g/mol. The largest absolute Gasteiger partial charge is 0.496 e. The first-order chi connectivity index (χ1) is 9.02. The van der Waals surface area contributed by atoms with Crippen LogP contribution in [0.25, 0.3) is 0 Å². The molecule has 0 saturated carbocycles. The van der Waals surface area contributed by atoms with E-state index >= 15 is 0 Å². The number of carbonyl (C=O) groups is 1. The second kappa shape index (κ2) is 5.51. The third-order valence-electron chi connectivity index (χ3n) is 2.67. The van der Waals surface area contributed by atoms with E-state index < -0.39 is 0 Å². The lowest BCUT2D eigenvalue weighted by molar-refractivity contribution is 0.103. The Balaban J connectivity index is 2.55. The molecule has 0 atom stereocenters. The molecule has 0 aromatic heterocycles. The highest BCUT2D eigenvalue weighted by molar-refractivity contribution is 6.32. The first kappa shape index (κ1) is 13.7. The molecule has 2 N–H and O–H groups in total. The van der Waals surface area contributed by atoms with Gasteiger partial charge >= 0.3 is 0 Å². The van der Waals surface area contributed by atoms with Gasteiger partial charge < -0.3 is 10.5 Å². The topological polar surface area (TPSA) is 52.3 Å². The highest BCUT2D eigenvalue weighted by Crippen LogP contribution is 2.28. The monoisotopic (exact) mass is 295 g/mol. The second-order valence-electron chi connectivity index (χ2n) is 3.91. The minimum atomic E-state index is -0.278. The lowest BCUT2D eigenvalue weighted by atomic mass is 10.0. The van der Waals surface area contributed by atoms with Crippen molar-refractivity contribution in [3.63, 3.8) is 0 Å². The van der Waals surface area contributed by atoms with Crippen molar-refractivity contribution >= 4 is 34.7 Å². The average molecular weight is 296 g/mol. The fraction of sp³-hybridized carbons (Fsp3) is 0.0714. The molecule has 0 bridgehead atoms. The van der Waals surface area contributed by atoms with Gasteiger partial charge in [0.2, 0.25) is 0 Å². The molecule has 3 nitrogen and oxygen atoms in total. The molecule has 2 aromatic carbocycles. The molecule has 0 radical (unpaired) electrons. The van der Waals surface area contributed by atoms with Gasteiger partial charge in [0.05, 0.1) is 12.7 Å². The summed E-state index contributed by atoms with van der Waals surface area (Å²) in [5, 5.41) is 0.892. The van der Waals surface area contributed by atoms with Crippen LogP contribution in [-0.4, -0.2) is 12.9 Å². The van der Waals surface area contributed by atoms with E-state index in [1.165, 1.54) is 13.2 Å². The molecule has 0 saturated heterocycles. The van der Waals surface area contributed by atoms with E-state index in [0.717, 1.165) is 0 Å². The van der Waals surface area contributed by atoms with Crippen molar-refractivity contribution < 1.29 is 9.53 Å². The lowest BCUT2D eigenvalue weighted by Crippen LogP contribution is -2.07. The van der Waals surface area contributed by atoms with Crippen molar-refractivity contribution in [1.29, 1.82) is 0 Å². The van der Waals surface area contributed by atoms with Crippen LogP contribution < -0.4 is 10.5 Å². The van der Waals surface area contributed by atoms with Crippen LogP contribution in [0.4, 0.5) is 5.69 Å².